The average molecular weight is 325 g/mol. The summed E-state index contributed by atoms with van der Waals surface area (Å²) in [6.45, 7) is 1.88. The summed E-state index contributed by atoms with van der Waals surface area (Å²) in [7, 11) is 0. The van der Waals surface area contributed by atoms with Gasteiger partial charge in [-0.05, 0) is 34.5 Å². The normalized spacial score (nSPS) is 11.0. The molecule has 0 aliphatic carbocycles. The van der Waals surface area contributed by atoms with Gasteiger partial charge in [-0.2, -0.15) is 0 Å². The molecule has 0 saturated heterocycles. The Kier molecular flexibility index (Phi) is 3.13. The molecule has 0 radical (unpaired) electrons. The monoisotopic (exact) mass is 323 g/mol. The summed E-state index contributed by atoms with van der Waals surface area (Å²) in [5.74, 6) is 0. The van der Waals surface area contributed by atoms with Crippen LogP contribution in [0.3, 0.4) is 0 Å². The number of halogens is 4. The summed E-state index contributed by atoms with van der Waals surface area (Å²) in [4.78, 5) is 4.23. The Labute approximate surface area is 110 Å². The fourth-order valence-corrected chi connectivity index (χ4v) is 2.45. The second-order valence-corrected chi connectivity index (χ2v) is 5.09. The summed E-state index contributed by atoms with van der Waals surface area (Å²) in [6.07, 6.45) is 1.70. The van der Waals surface area contributed by atoms with Gasteiger partial charge in [0.25, 0.3) is 0 Å². The third-order valence-electron chi connectivity index (χ3n) is 2.10. The van der Waals surface area contributed by atoms with Crippen LogP contribution in [0.5, 0.6) is 0 Å². The molecule has 0 spiro atoms. The number of rotatable bonds is 0. The molecular weight excluding hydrogens is 320 g/mol. The zero-order valence-electron chi connectivity index (χ0n) is 7.61. The number of nitrogens with zero attached hydrogens (tertiary/aromatic N) is 1. The molecule has 0 N–H and O–H groups in total. The Hall–Kier alpha value is -0.0200. The Bertz CT molecular complexity index is 554. The van der Waals surface area contributed by atoms with Crippen molar-refractivity contribution >= 4 is 61.6 Å². The molecule has 1 aromatic heterocycles. The van der Waals surface area contributed by atoms with Gasteiger partial charge in [-0.25, -0.2) is 0 Å². The van der Waals surface area contributed by atoms with E-state index in [-0.39, 0.29) is 0 Å². The predicted octanol–water partition coefficient (Wildman–Crippen LogP) is 5.27. The highest BCUT2D eigenvalue weighted by molar-refractivity contribution is 9.10. The van der Waals surface area contributed by atoms with Crippen LogP contribution in [0.1, 0.15) is 5.56 Å². The van der Waals surface area contributed by atoms with Crippen molar-refractivity contribution in [2.24, 2.45) is 0 Å². The molecule has 0 bridgehead atoms. The quantitative estimate of drug-likeness (QED) is 0.602. The molecule has 0 saturated carbocycles. The van der Waals surface area contributed by atoms with E-state index >= 15 is 0 Å². The molecule has 0 aliphatic heterocycles. The minimum Gasteiger partial charge on any atom is -0.256 e. The lowest BCUT2D eigenvalue weighted by Gasteiger charge is -2.07. The molecule has 0 amide bonds. The number of benzene rings is 1. The summed E-state index contributed by atoms with van der Waals surface area (Å²) in [5, 5.41) is 2.37. The highest BCUT2D eigenvalue weighted by Gasteiger charge is 2.13. The smallest absolute Gasteiger partial charge is 0.0747 e. The molecule has 1 nitrogen and oxygen atoms in total. The Morgan fingerprint density at radius 1 is 1.20 bits per heavy atom. The highest BCUT2D eigenvalue weighted by atomic mass is 79.9. The van der Waals surface area contributed by atoms with Crippen molar-refractivity contribution < 1.29 is 0 Å². The lowest BCUT2D eigenvalue weighted by Crippen LogP contribution is -1.86. The number of fused-ring (bicyclic) bond motifs is 1. The zero-order valence-corrected chi connectivity index (χ0v) is 11.5. The molecule has 0 fully saturated rings. The molecule has 1 aromatic carbocycles. The molecule has 5 heteroatoms. The average Bonchev–Trinajstić information content (AvgIpc) is 2.20. The first-order valence-electron chi connectivity index (χ1n) is 4.10. The summed E-state index contributed by atoms with van der Waals surface area (Å²) in [6, 6.07) is 1.73. The minimum absolute atomic E-state index is 0.499. The summed E-state index contributed by atoms with van der Waals surface area (Å²) >= 11 is 21.6. The van der Waals surface area contributed by atoms with Gasteiger partial charge in [-0.3, -0.25) is 4.98 Å². The van der Waals surface area contributed by atoms with Crippen LogP contribution in [0.15, 0.2) is 16.7 Å². The SMILES string of the molecule is Cc1cnc2cc(Cl)c(Br)c(Cl)c2c1Cl. The van der Waals surface area contributed by atoms with Crippen molar-refractivity contribution in [1.29, 1.82) is 0 Å². The van der Waals surface area contributed by atoms with Gasteiger partial charge in [0.1, 0.15) is 0 Å². The van der Waals surface area contributed by atoms with E-state index in [1.165, 1.54) is 0 Å². The molecule has 0 aliphatic rings. The third kappa shape index (κ3) is 1.84. The first-order valence-corrected chi connectivity index (χ1v) is 6.03. The molecule has 0 atom stereocenters. The second kappa shape index (κ2) is 4.10. The number of hydrogen-bond donors (Lipinski definition) is 0. The Morgan fingerprint density at radius 2 is 1.87 bits per heavy atom. The summed E-state index contributed by atoms with van der Waals surface area (Å²) < 4.78 is 0.646. The number of aromatic nitrogens is 1. The van der Waals surface area contributed by atoms with Crippen molar-refractivity contribution in [2.75, 3.05) is 0 Å². The van der Waals surface area contributed by atoms with Crippen molar-refractivity contribution in [3.05, 3.63) is 37.4 Å². The minimum atomic E-state index is 0.499. The van der Waals surface area contributed by atoms with Gasteiger partial charge >= 0.3 is 0 Å². The molecule has 2 aromatic rings. The molecular formula is C10H5BrCl3N. The molecule has 15 heavy (non-hydrogen) atoms. The van der Waals surface area contributed by atoms with Crippen LogP contribution in [-0.2, 0) is 0 Å². The van der Waals surface area contributed by atoms with E-state index < -0.39 is 0 Å². The number of aryl methyl sites for hydroxylation is 1. The maximum Gasteiger partial charge on any atom is 0.0747 e. The van der Waals surface area contributed by atoms with Crippen LogP contribution in [0.25, 0.3) is 10.9 Å². The number of hydrogen-bond acceptors (Lipinski definition) is 1. The van der Waals surface area contributed by atoms with Gasteiger partial charge in [0.05, 0.1) is 25.1 Å². The molecule has 78 valence electrons. The first-order chi connectivity index (χ1) is 7.02. The first kappa shape index (κ1) is 11.5. The maximum atomic E-state index is 6.17. The van der Waals surface area contributed by atoms with Crippen LogP contribution in [0.2, 0.25) is 15.1 Å². The maximum absolute atomic E-state index is 6.17. The fraction of sp³-hybridized carbons (Fsp3) is 0.100. The third-order valence-corrected chi connectivity index (χ3v) is 4.55. The largest absolute Gasteiger partial charge is 0.256 e. The van der Waals surface area contributed by atoms with Gasteiger partial charge in [-0.15, -0.1) is 0 Å². The Morgan fingerprint density at radius 3 is 2.53 bits per heavy atom. The lowest BCUT2D eigenvalue weighted by atomic mass is 10.2. The van der Waals surface area contributed by atoms with Crippen molar-refractivity contribution in [2.45, 2.75) is 6.92 Å². The van der Waals surface area contributed by atoms with E-state index in [2.05, 4.69) is 20.9 Å². The van der Waals surface area contributed by atoms with Gasteiger partial charge in [0, 0.05) is 11.6 Å². The van der Waals surface area contributed by atoms with E-state index in [1.54, 1.807) is 12.3 Å². The summed E-state index contributed by atoms with van der Waals surface area (Å²) in [5.41, 5.74) is 1.59. The van der Waals surface area contributed by atoms with E-state index in [1.807, 2.05) is 6.92 Å². The van der Waals surface area contributed by atoms with Crippen LogP contribution < -0.4 is 0 Å². The van der Waals surface area contributed by atoms with E-state index in [4.69, 9.17) is 34.8 Å². The zero-order chi connectivity index (χ0) is 11.2. The Balaban J connectivity index is 3.00. The highest BCUT2D eigenvalue weighted by Crippen LogP contribution is 2.40. The lowest BCUT2D eigenvalue weighted by molar-refractivity contribution is 1.33. The van der Waals surface area contributed by atoms with Crippen LogP contribution >= 0.6 is 50.7 Å². The number of pyridine rings is 1. The topological polar surface area (TPSA) is 12.9 Å². The van der Waals surface area contributed by atoms with Crippen LogP contribution in [-0.4, -0.2) is 4.98 Å². The van der Waals surface area contributed by atoms with E-state index in [0.717, 1.165) is 10.9 Å². The predicted molar refractivity (Wildman–Crippen MR) is 69.2 cm³/mol. The van der Waals surface area contributed by atoms with Gasteiger partial charge in [0.15, 0.2) is 0 Å². The van der Waals surface area contributed by atoms with Gasteiger partial charge in [0.2, 0.25) is 0 Å². The van der Waals surface area contributed by atoms with Crippen molar-refractivity contribution in [1.82, 2.24) is 4.98 Å². The van der Waals surface area contributed by atoms with E-state index in [0.29, 0.717) is 25.1 Å². The second-order valence-electron chi connectivity index (χ2n) is 3.14. The molecule has 1 heterocycles. The molecule has 0 unspecified atom stereocenters. The van der Waals surface area contributed by atoms with Crippen LogP contribution in [0.4, 0.5) is 0 Å². The van der Waals surface area contributed by atoms with Crippen molar-refractivity contribution in [3.8, 4) is 0 Å². The fourth-order valence-electron chi connectivity index (χ4n) is 1.31. The van der Waals surface area contributed by atoms with Crippen molar-refractivity contribution in [3.63, 3.8) is 0 Å². The van der Waals surface area contributed by atoms with E-state index in [9.17, 15) is 0 Å². The standard InChI is InChI=1S/C10H5BrCl3N/c1-4-3-15-6-2-5(12)8(11)10(14)7(6)9(4)13/h2-3H,1H3. The molecule has 2 rings (SSSR count). The van der Waals surface area contributed by atoms with Gasteiger partial charge < -0.3 is 0 Å². The van der Waals surface area contributed by atoms with Crippen LogP contribution in [0, 0.1) is 6.92 Å². The van der Waals surface area contributed by atoms with Gasteiger partial charge in [-0.1, -0.05) is 34.8 Å².